The number of halogens is 1. The number of hydrogen-bond acceptors (Lipinski definition) is 5. The van der Waals surface area contributed by atoms with Gasteiger partial charge in [-0.3, -0.25) is 10.1 Å². The molecule has 0 atom stereocenters. The van der Waals surface area contributed by atoms with Crippen LogP contribution in [0.4, 0.5) is 21.5 Å². The van der Waals surface area contributed by atoms with Gasteiger partial charge in [-0.15, -0.1) is 0 Å². The Hall–Kier alpha value is -2.67. The Morgan fingerprint density at radius 3 is 2.57 bits per heavy atom. The van der Waals surface area contributed by atoms with E-state index in [1.807, 2.05) is 0 Å². The smallest absolute Gasteiger partial charge is 0.295 e. The van der Waals surface area contributed by atoms with Crippen molar-refractivity contribution >= 4 is 17.1 Å². The Kier molecular flexibility index (Phi) is 4.68. The second-order valence-corrected chi connectivity index (χ2v) is 4.21. The van der Waals surface area contributed by atoms with Crippen LogP contribution in [0.25, 0.3) is 0 Å². The zero-order chi connectivity index (χ0) is 15.2. The monoisotopic (exact) mass is 291 g/mol. The Balaban J connectivity index is 2.16. The molecule has 0 fully saturated rings. The van der Waals surface area contributed by atoms with Crippen molar-refractivity contribution in [2.24, 2.45) is 5.73 Å². The molecule has 0 aliphatic carbocycles. The lowest BCUT2D eigenvalue weighted by Crippen LogP contribution is -2.10. The number of nitro benzene ring substituents is 1. The number of nitrogens with zero attached hydrogens (tertiary/aromatic N) is 1. The van der Waals surface area contributed by atoms with E-state index in [0.717, 1.165) is 12.1 Å². The first kappa shape index (κ1) is 14.7. The van der Waals surface area contributed by atoms with E-state index in [1.165, 1.54) is 6.07 Å². The second kappa shape index (κ2) is 6.67. The zero-order valence-electron chi connectivity index (χ0n) is 11.1. The Morgan fingerprint density at radius 1 is 1.24 bits per heavy atom. The van der Waals surface area contributed by atoms with Crippen molar-refractivity contribution in [3.8, 4) is 5.75 Å². The molecule has 0 heterocycles. The molecule has 0 aliphatic heterocycles. The summed E-state index contributed by atoms with van der Waals surface area (Å²) in [6.45, 7) is 0.831. The number of rotatable bonds is 6. The Morgan fingerprint density at radius 2 is 1.95 bits per heavy atom. The maximum absolute atomic E-state index is 13.1. The lowest BCUT2D eigenvalue weighted by Gasteiger charge is -2.09. The van der Waals surface area contributed by atoms with E-state index < -0.39 is 10.7 Å². The van der Waals surface area contributed by atoms with Crippen LogP contribution < -0.4 is 15.8 Å². The lowest BCUT2D eigenvalue weighted by atomic mass is 10.2. The summed E-state index contributed by atoms with van der Waals surface area (Å²) in [4.78, 5) is 10.3. The van der Waals surface area contributed by atoms with Crippen LogP contribution >= 0.6 is 0 Å². The maximum atomic E-state index is 13.1. The molecule has 0 unspecified atom stereocenters. The van der Waals surface area contributed by atoms with Crippen molar-refractivity contribution in [1.29, 1.82) is 0 Å². The predicted octanol–water partition coefficient (Wildman–Crippen LogP) is 2.82. The molecule has 0 saturated heterocycles. The average Bonchev–Trinajstić information content (AvgIpc) is 2.48. The van der Waals surface area contributed by atoms with Crippen molar-refractivity contribution in [1.82, 2.24) is 0 Å². The highest BCUT2D eigenvalue weighted by Gasteiger charge is 2.14. The molecule has 3 N–H and O–H groups in total. The van der Waals surface area contributed by atoms with E-state index in [4.69, 9.17) is 10.5 Å². The van der Waals surface area contributed by atoms with Gasteiger partial charge in [0.15, 0.2) is 0 Å². The van der Waals surface area contributed by atoms with E-state index in [-0.39, 0.29) is 11.4 Å². The third-order valence-corrected chi connectivity index (χ3v) is 2.68. The summed E-state index contributed by atoms with van der Waals surface area (Å²) in [7, 11) is 0. The normalized spacial score (nSPS) is 10.2. The number of hydrogen-bond donors (Lipinski definition) is 2. The van der Waals surface area contributed by atoms with Crippen LogP contribution in [0.3, 0.4) is 0 Å². The van der Waals surface area contributed by atoms with Crippen molar-refractivity contribution < 1.29 is 14.1 Å². The number of nitro groups is 1. The van der Waals surface area contributed by atoms with Gasteiger partial charge in [0, 0.05) is 12.2 Å². The van der Waals surface area contributed by atoms with Crippen LogP contribution in [0, 0.1) is 15.9 Å². The lowest BCUT2D eigenvalue weighted by molar-refractivity contribution is -0.384. The van der Waals surface area contributed by atoms with Gasteiger partial charge in [0.05, 0.1) is 11.0 Å². The number of anilines is 2. The minimum Gasteiger partial charge on any atom is -0.492 e. The SMILES string of the molecule is NCCOc1ccc(Nc2ccc(F)cc2[N+](=O)[O-])cc1. The molecule has 6 nitrogen and oxygen atoms in total. The highest BCUT2D eigenvalue weighted by molar-refractivity contribution is 5.69. The standard InChI is InChI=1S/C14H14FN3O3/c15-10-1-6-13(14(9-10)18(19)20)17-11-2-4-12(5-3-11)21-8-7-16/h1-6,9,17H,7-8,16H2. The van der Waals surface area contributed by atoms with E-state index in [9.17, 15) is 14.5 Å². The second-order valence-electron chi connectivity index (χ2n) is 4.21. The van der Waals surface area contributed by atoms with Crippen LogP contribution in [-0.4, -0.2) is 18.1 Å². The summed E-state index contributed by atoms with van der Waals surface area (Å²) in [5, 5.41) is 13.8. The summed E-state index contributed by atoms with van der Waals surface area (Å²) >= 11 is 0. The highest BCUT2D eigenvalue weighted by atomic mass is 19.1. The van der Waals surface area contributed by atoms with Crippen LogP contribution in [0.15, 0.2) is 42.5 Å². The van der Waals surface area contributed by atoms with Gasteiger partial charge in [0.1, 0.15) is 23.9 Å². The van der Waals surface area contributed by atoms with E-state index in [0.29, 0.717) is 24.6 Å². The molecule has 2 aromatic rings. The van der Waals surface area contributed by atoms with Gasteiger partial charge < -0.3 is 15.8 Å². The highest BCUT2D eigenvalue weighted by Crippen LogP contribution is 2.28. The van der Waals surface area contributed by atoms with Gasteiger partial charge in [-0.05, 0) is 36.4 Å². The first-order valence-corrected chi connectivity index (χ1v) is 6.24. The first-order chi connectivity index (χ1) is 10.1. The largest absolute Gasteiger partial charge is 0.492 e. The third kappa shape index (κ3) is 3.90. The van der Waals surface area contributed by atoms with E-state index in [2.05, 4.69) is 5.32 Å². The number of ether oxygens (including phenoxy) is 1. The van der Waals surface area contributed by atoms with Crippen LogP contribution in [0.2, 0.25) is 0 Å². The number of nitrogens with two attached hydrogens (primary N) is 1. The summed E-state index contributed by atoms with van der Waals surface area (Å²) in [6.07, 6.45) is 0. The van der Waals surface area contributed by atoms with Crippen LogP contribution in [0.1, 0.15) is 0 Å². The molecule has 2 aromatic carbocycles. The van der Waals surface area contributed by atoms with E-state index >= 15 is 0 Å². The zero-order valence-corrected chi connectivity index (χ0v) is 11.1. The van der Waals surface area contributed by atoms with Gasteiger partial charge in [-0.25, -0.2) is 4.39 Å². The van der Waals surface area contributed by atoms with Crippen molar-refractivity contribution in [2.45, 2.75) is 0 Å². The van der Waals surface area contributed by atoms with Gasteiger partial charge >= 0.3 is 0 Å². The van der Waals surface area contributed by atoms with E-state index in [1.54, 1.807) is 24.3 Å². The summed E-state index contributed by atoms with van der Waals surface area (Å²) < 4.78 is 18.4. The van der Waals surface area contributed by atoms with Crippen molar-refractivity contribution in [3.05, 3.63) is 58.4 Å². The maximum Gasteiger partial charge on any atom is 0.295 e. The topological polar surface area (TPSA) is 90.4 Å². The van der Waals surface area contributed by atoms with Gasteiger partial charge in [-0.2, -0.15) is 0 Å². The molecule has 7 heteroatoms. The minimum atomic E-state index is -0.655. The predicted molar refractivity (Wildman–Crippen MR) is 77.3 cm³/mol. The molecule has 0 aromatic heterocycles. The average molecular weight is 291 g/mol. The fraction of sp³-hybridized carbons (Fsp3) is 0.143. The molecule has 0 aliphatic rings. The molecule has 0 saturated carbocycles. The van der Waals surface area contributed by atoms with Gasteiger partial charge in [-0.1, -0.05) is 0 Å². The quantitative estimate of drug-likeness (QED) is 0.631. The molecule has 0 radical (unpaired) electrons. The Labute approximate surface area is 120 Å². The molecule has 0 amide bonds. The van der Waals surface area contributed by atoms with Crippen LogP contribution in [0.5, 0.6) is 5.75 Å². The molecule has 0 spiro atoms. The Bertz CT molecular complexity index is 632. The summed E-state index contributed by atoms with van der Waals surface area (Å²) in [5.74, 6) is -0.00242. The molecule has 110 valence electrons. The van der Waals surface area contributed by atoms with Gasteiger partial charge in [0.25, 0.3) is 5.69 Å². The molecule has 21 heavy (non-hydrogen) atoms. The van der Waals surface area contributed by atoms with Crippen LogP contribution in [-0.2, 0) is 0 Å². The minimum absolute atomic E-state index is 0.219. The fourth-order valence-corrected chi connectivity index (χ4v) is 1.73. The summed E-state index contributed by atoms with van der Waals surface area (Å²) in [5.41, 5.74) is 5.86. The molecule has 2 rings (SSSR count). The van der Waals surface area contributed by atoms with Crippen molar-refractivity contribution in [3.63, 3.8) is 0 Å². The fourth-order valence-electron chi connectivity index (χ4n) is 1.73. The number of benzene rings is 2. The first-order valence-electron chi connectivity index (χ1n) is 6.24. The van der Waals surface area contributed by atoms with Crippen molar-refractivity contribution in [2.75, 3.05) is 18.5 Å². The third-order valence-electron chi connectivity index (χ3n) is 2.68. The molecular formula is C14H14FN3O3. The summed E-state index contributed by atoms with van der Waals surface area (Å²) in [6, 6.07) is 10.2. The number of nitrogens with one attached hydrogen (secondary N) is 1. The van der Waals surface area contributed by atoms with Gasteiger partial charge in [0.2, 0.25) is 0 Å². The molecular weight excluding hydrogens is 277 g/mol. The molecule has 0 bridgehead atoms.